The highest BCUT2D eigenvalue weighted by atomic mass is 14.5. The lowest BCUT2D eigenvalue weighted by molar-refractivity contribution is 0.299. The number of allylic oxidation sites excluding steroid dienone is 2. The monoisotopic (exact) mass is 150 g/mol. The first-order chi connectivity index (χ1) is 4.93. The van der Waals surface area contributed by atoms with Gasteiger partial charge in [0.2, 0.25) is 0 Å². The molecule has 0 saturated carbocycles. The molecule has 0 unspecified atom stereocenters. The molecule has 0 heteroatoms. The molecule has 0 saturated heterocycles. The highest BCUT2D eigenvalue weighted by molar-refractivity contribution is 5.45. The summed E-state index contributed by atoms with van der Waals surface area (Å²) < 4.78 is 0. The Morgan fingerprint density at radius 1 is 0.818 bits per heavy atom. The molecule has 0 N–H and O–H groups in total. The molecule has 0 amide bonds. The summed E-state index contributed by atoms with van der Waals surface area (Å²) in [6.45, 7) is 9.57. The largest absolute Gasteiger partial charge is 0.0604 e. The van der Waals surface area contributed by atoms with Gasteiger partial charge >= 0.3 is 0 Å². The molecule has 2 aliphatic carbocycles. The second-order valence-corrected chi connectivity index (χ2v) is 5.40. The van der Waals surface area contributed by atoms with E-state index in [-0.39, 0.29) is 0 Å². The van der Waals surface area contributed by atoms with Gasteiger partial charge in [-0.25, -0.2) is 0 Å². The Bertz CT molecular complexity index is 204. The minimum absolute atomic E-state index is 0.546. The SMILES string of the molecule is CC1(C)CCC(C)(C)C2=C1C2. The van der Waals surface area contributed by atoms with Crippen LogP contribution >= 0.6 is 0 Å². The molecule has 0 spiro atoms. The van der Waals surface area contributed by atoms with E-state index in [0.29, 0.717) is 10.8 Å². The summed E-state index contributed by atoms with van der Waals surface area (Å²) in [5.74, 6) is 0. The molecule has 0 fully saturated rings. The van der Waals surface area contributed by atoms with E-state index in [0.717, 1.165) is 0 Å². The second kappa shape index (κ2) is 1.73. The van der Waals surface area contributed by atoms with Gasteiger partial charge in [-0.05, 0) is 30.1 Å². The Labute approximate surface area is 69.7 Å². The van der Waals surface area contributed by atoms with Crippen molar-refractivity contribution in [3.63, 3.8) is 0 Å². The Morgan fingerprint density at radius 2 is 1.18 bits per heavy atom. The van der Waals surface area contributed by atoms with E-state index in [9.17, 15) is 0 Å². The highest BCUT2D eigenvalue weighted by Gasteiger charge is 2.46. The van der Waals surface area contributed by atoms with Gasteiger partial charge in [0.05, 0.1) is 0 Å². The topological polar surface area (TPSA) is 0 Å². The third kappa shape index (κ3) is 0.953. The second-order valence-electron chi connectivity index (χ2n) is 5.40. The van der Waals surface area contributed by atoms with Gasteiger partial charge in [0.15, 0.2) is 0 Å². The van der Waals surface area contributed by atoms with Gasteiger partial charge < -0.3 is 0 Å². The predicted molar refractivity (Wildman–Crippen MR) is 48.4 cm³/mol. The molecule has 62 valence electrons. The van der Waals surface area contributed by atoms with Crippen LogP contribution in [0.25, 0.3) is 0 Å². The third-order valence-electron chi connectivity index (χ3n) is 3.60. The summed E-state index contributed by atoms with van der Waals surface area (Å²) in [5, 5.41) is 0. The molecule has 0 heterocycles. The minimum Gasteiger partial charge on any atom is -0.0604 e. The van der Waals surface area contributed by atoms with Crippen LogP contribution in [0.3, 0.4) is 0 Å². The molecular weight excluding hydrogens is 132 g/mol. The van der Waals surface area contributed by atoms with E-state index in [2.05, 4.69) is 27.7 Å². The van der Waals surface area contributed by atoms with E-state index < -0.39 is 0 Å². The maximum atomic E-state index is 2.39. The predicted octanol–water partition coefficient (Wildman–Crippen LogP) is 3.53. The maximum absolute atomic E-state index is 2.39. The van der Waals surface area contributed by atoms with Crippen LogP contribution in [0.5, 0.6) is 0 Å². The summed E-state index contributed by atoms with van der Waals surface area (Å²) in [6.07, 6.45) is 4.12. The molecule has 0 radical (unpaired) electrons. The zero-order valence-corrected chi connectivity index (χ0v) is 8.12. The highest BCUT2D eigenvalue weighted by Crippen LogP contribution is 2.60. The van der Waals surface area contributed by atoms with Crippen molar-refractivity contribution in [1.29, 1.82) is 0 Å². The van der Waals surface area contributed by atoms with E-state index in [1.165, 1.54) is 19.3 Å². The molecule has 0 nitrogen and oxygen atoms in total. The van der Waals surface area contributed by atoms with Gasteiger partial charge in [-0.2, -0.15) is 0 Å². The van der Waals surface area contributed by atoms with Crippen LogP contribution in [-0.4, -0.2) is 0 Å². The van der Waals surface area contributed by atoms with Crippen LogP contribution in [0.4, 0.5) is 0 Å². The Hall–Kier alpha value is -0.260. The average Bonchev–Trinajstić information content (AvgIpc) is 2.59. The lowest BCUT2D eigenvalue weighted by Crippen LogP contribution is -2.20. The number of hydrogen-bond donors (Lipinski definition) is 0. The van der Waals surface area contributed by atoms with Crippen molar-refractivity contribution in [2.75, 3.05) is 0 Å². The molecule has 2 rings (SSSR count). The lowest BCUT2D eigenvalue weighted by atomic mass is 9.73. The molecule has 11 heavy (non-hydrogen) atoms. The molecule has 0 aromatic carbocycles. The van der Waals surface area contributed by atoms with Crippen LogP contribution in [0.1, 0.15) is 47.0 Å². The zero-order valence-electron chi connectivity index (χ0n) is 8.12. The Kier molecular flexibility index (Phi) is 1.16. The molecule has 0 aliphatic heterocycles. The fourth-order valence-corrected chi connectivity index (χ4v) is 2.35. The molecular formula is C11H18. The Morgan fingerprint density at radius 3 is 1.55 bits per heavy atom. The van der Waals surface area contributed by atoms with Gasteiger partial charge in [-0.15, -0.1) is 0 Å². The van der Waals surface area contributed by atoms with Gasteiger partial charge in [0, 0.05) is 0 Å². The molecule has 0 aromatic rings. The summed E-state index contributed by atoms with van der Waals surface area (Å²) in [5.41, 5.74) is 4.64. The zero-order chi connectivity index (χ0) is 8.28. The third-order valence-corrected chi connectivity index (χ3v) is 3.60. The molecule has 0 aromatic heterocycles. The van der Waals surface area contributed by atoms with Crippen molar-refractivity contribution < 1.29 is 0 Å². The Balaban J connectivity index is 2.33. The first-order valence-electron chi connectivity index (χ1n) is 4.66. The number of hydrogen-bond acceptors (Lipinski definition) is 0. The van der Waals surface area contributed by atoms with E-state index in [1.807, 2.05) is 0 Å². The quantitative estimate of drug-likeness (QED) is 0.463. The van der Waals surface area contributed by atoms with Gasteiger partial charge in [-0.1, -0.05) is 38.8 Å². The lowest BCUT2D eigenvalue weighted by Gasteiger charge is -2.32. The van der Waals surface area contributed by atoms with Crippen LogP contribution < -0.4 is 0 Å². The summed E-state index contributed by atoms with van der Waals surface area (Å²) >= 11 is 0. The van der Waals surface area contributed by atoms with Crippen molar-refractivity contribution in [2.45, 2.75) is 47.0 Å². The van der Waals surface area contributed by atoms with Crippen LogP contribution in [-0.2, 0) is 0 Å². The van der Waals surface area contributed by atoms with Crippen molar-refractivity contribution in [3.05, 3.63) is 11.1 Å². The average molecular weight is 150 g/mol. The van der Waals surface area contributed by atoms with Crippen molar-refractivity contribution in [3.8, 4) is 0 Å². The van der Waals surface area contributed by atoms with Crippen LogP contribution in [0.2, 0.25) is 0 Å². The van der Waals surface area contributed by atoms with Gasteiger partial charge in [-0.3, -0.25) is 0 Å². The summed E-state index contributed by atoms with van der Waals surface area (Å²) in [4.78, 5) is 0. The van der Waals surface area contributed by atoms with Gasteiger partial charge in [0.25, 0.3) is 0 Å². The van der Waals surface area contributed by atoms with E-state index >= 15 is 0 Å². The first kappa shape index (κ1) is 7.39. The van der Waals surface area contributed by atoms with Crippen LogP contribution in [0, 0.1) is 10.8 Å². The summed E-state index contributed by atoms with van der Waals surface area (Å²) in [6, 6.07) is 0. The van der Waals surface area contributed by atoms with Gasteiger partial charge in [0.1, 0.15) is 0 Å². The van der Waals surface area contributed by atoms with E-state index in [1.54, 1.807) is 11.1 Å². The van der Waals surface area contributed by atoms with Crippen molar-refractivity contribution in [2.24, 2.45) is 10.8 Å². The fourth-order valence-electron chi connectivity index (χ4n) is 2.35. The van der Waals surface area contributed by atoms with Crippen LogP contribution in [0.15, 0.2) is 11.1 Å². The van der Waals surface area contributed by atoms with E-state index in [4.69, 9.17) is 0 Å². The number of rotatable bonds is 0. The van der Waals surface area contributed by atoms with Crippen molar-refractivity contribution in [1.82, 2.24) is 0 Å². The van der Waals surface area contributed by atoms with Crippen molar-refractivity contribution >= 4 is 0 Å². The molecule has 2 aliphatic rings. The summed E-state index contributed by atoms with van der Waals surface area (Å²) in [7, 11) is 0. The molecule has 0 atom stereocenters. The minimum atomic E-state index is 0.546. The molecule has 0 bridgehead atoms. The standard InChI is InChI=1S/C11H18/c1-10(2)5-6-11(3,4)9-7-8(9)10/h5-7H2,1-4H3. The maximum Gasteiger partial charge on any atom is -0.00917 e. The normalized spacial score (nSPS) is 31.6. The fraction of sp³-hybridized carbons (Fsp3) is 0.818. The first-order valence-corrected chi connectivity index (χ1v) is 4.66. The smallest absolute Gasteiger partial charge is 0.00917 e.